The van der Waals surface area contributed by atoms with Crippen molar-refractivity contribution in [3.05, 3.63) is 0 Å². The molecule has 2 atom stereocenters. The number of Topliss-reactive ketones (excluding diaryl/α,β-unsaturated/α-hetero) is 1. The molecule has 0 saturated carbocycles. The first kappa shape index (κ1) is 13.9. The number of rotatable bonds is 7. The van der Waals surface area contributed by atoms with Crippen molar-refractivity contribution in [2.24, 2.45) is 5.73 Å². The lowest BCUT2D eigenvalue weighted by Crippen LogP contribution is -2.34. The first-order valence-electron chi connectivity index (χ1n) is 4.16. The number of carboxylic acid groups (broad SMARTS) is 2. The van der Waals surface area contributed by atoms with Crippen molar-refractivity contribution in [2.75, 3.05) is 5.75 Å². The normalized spacial score (nSPS) is 14.3. The number of hydrogen-bond donors (Lipinski definition) is 3. The Labute approximate surface area is 90.8 Å². The maximum atomic E-state index is 10.7. The molecule has 0 unspecified atom stereocenters. The molecule has 0 aromatic heterocycles. The van der Waals surface area contributed by atoms with Crippen LogP contribution >= 0.6 is 11.8 Å². The highest BCUT2D eigenvalue weighted by atomic mass is 32.2. The second kappa shape index (κ2) is 6.41. The number of thioether (sulfide) groups is 1. The highest BCUT2D eigenvalue weighted by Gasteiger charge is 2.22. The van der Waals surface area contributed by atoms with Crippen LogP contribution in [0.5, 0.6) is 0 Å². The lowest BCUT2D eigenvalue weighted by atomic mass is 10.2. The minimum Gasteiger partial charge on any atom is -0.480 e. The van der Waals surface area contributed by atoms with E-state index in [-0.39, 0.29) is 18.0 Å². The molecular weight excluding hydrogens is 222 g/mol. The Balaban J connectivity index is 4.13. The molecule has 6 nitrogen and oxygen atoms in total. The second-order valence-corrected chi connectivity index (χ2v) is 4.25. The Kier molecular flexibility index (Phi) is 5.95. The van der Waals surface area contributed by atoms with Crippen molar-refractivity contribution < 1.29 is 24.6 Å². The SMILES string of the molecule is CC(=O)C[C@@H](SC[C@H](N)C(=O)O)C(=O)O. The van der Waals surface area contributed by atoms with Crippen LogP contribution in [0, 0.1) is 0 Å². The van der Waals surface area contributed by atoms with E-state index in [0.717, 1.165) is 11.8 Å². The summed E-state index contributed by atoms with van der Waals surface area (Å²) in [5.41, 5.74) is 5.20. The van der Waals surface area contributed by atoms with Gasteiger partial charge in [0.1, 0.15) is 17.1 Å². The third-order valence-corrected chi connectivity index (χ3v) is 2.86. The van der Waals surface area contributed by atoms with Gasteiger partial charge >= 0.3 is 11.9 Å². The fourth-order valence-corrected chi connectivity index (χ4v) is 1.85. The van der Waals surface area contributed by atoms with Gasteiger partial charge in [-0.15, -0.1) is 11.8 Å². The number of carbonyl (C=O) groups excluding carboxylic acids is 1. The van der Waals surface area contributed by atoms with Gasteiger partial charge in [0.15, 0.2) is 0 Å². The van der Waals surface area contributed by atoms with Crippen molar-refractivity contribution in [1.82, 2.24) is 0 Å². The number of nitrogens with two attached hydrogens (primary N) is 1. The summed E-state index contributed by atoms with van der Waals surface area (Å²) < 4.78 is 0. The molecule has 7 heteroatoms. The fourth-order valence-electron chi connectivity index (χ4n) is 0.770. The molecule has 4 N–H and O–H groups in total. The molecule has 0 bridgehead atoms. The van der Waals surface area contributed by atoms with E-state index in [4.69, 9.17) is 15.9 Å². The molecular formula is C8H13NO5S. The zero-order valence-corrected chi connectivity index (χ0v) is 8.99. The molecule has 0 saturated heterocycles. The maximum Gasteiger partial charge on any atom is 0.321 e. The maximum absolute atomic E-state index is 10.7. The van der Waals surface area contributed by atoms with Crippen molar-refractivity contribution in [2.45, 2.75) is 24.6 Å². The lowest BCUT2D eigenvalue weighted by molar-refractivity contribution is -0.138. The first-order valence-corrected chi connectivity index (χ1v) is 5.21. The van der Waals surface area contributed by atoms with Crippen molar-refractivity contribution in [3.8, 4) is 0 Å². The number of aliphatic carboxylic acids is 2. The molecule has 0 aliphatic rings. The fraction of sp³-hybridized carbons (Fsp3) is 0.625. The van der Waals surface area contributed by atoms with Gasteiger partial charge in [-0.05, 0) is 6.92 Å². The van der Waals surface area contributed by atoms with Gasteiger partial charge in [-0.25, -0.2) is 0 Å². The summed E-state index contributed by atoms with van der Waals surface area (Å²) in [6.45, 7) is 1.29. The minimum absolute atomic E-state index is 0.0282. The molecule has 86 valence electrons. The van der Waals surface area contributed by atoms with E-state index in [2.05, 4.69) is 0 Å². The summed E-state index contributed by atoms with van der Waals surface area (Å²) in [5, 5.41) is 16.3. The third kappa shape index (κ3) is 6.08. The molecule has 15 heavy (non-hydrogen) atoms. The van der Waals surface area contributed by atoms with Crippen LogP contribution in [0.1, 0.15) is 13.3 Å². The highest BCUT2D eigenvalue weighted by molar-refractivity contribution is 8.00. The highest BCUT2D eigenvalue weighted by Crippen LogP contribution is 2.16. The minimum atomic E-state index is -1.19. The molecule has 0 aliphatic carbocycles. The van der Waals surface area contributed by atoms with E-state index in [0.29, 0.717) is 0 Å². The molecule has 0 aromatic rings. The van der Waals surface area contributed by atoms with Crippen molar-refractivity contribution >= 4 is 29.5 Å². The summed E-state index contributed by atoms with van der Waals surface area (Å²) in [7, 11) is 0. The Morgan fingerprint density at radius 3 is 2.13 bits per heavy atom. The van der Waals surface area contributed by atoms with Crippen LogP contribution in [-0.2, 0) is 14.4 Å². The number of carbonyl (C=O) groups is 3. The van der Waals surface area contributed by atoms with Gasteiger partial charge in [-0.1, -0.05) is 0 Å². The van der Waals surface area contributed by atoms with Crippen LogP contribution in [0.2, 0.25) is 0 Å². The van der Waals surface area contributed by atoms with Crippen molar-refractivity contribution in [3.63, 3.8) is 0 Å². The third-order valence-electron chi connectivity index (χ3n) is 1.54. The Hall–Kier alpha value is -1.08. The molecule has 0 heterocycles. The average Bonchev–Trinajstić information content (AvgIpc) is 2.10. The molecule has 0 rings (SSSR count). The summed E-state index contributed by atoms with van der Waals surface area (Å²) in [5.74, 6) is -2.60. The summed E-state index contributed by atoms with van der Waals surface area (Å²) in [6.07, 6.45) is -0.119. The van der Waals surface area contributed by atoms with E-state index in [1.54, 1.807) is 0 Å². The predicted molar refractivity (Wildman–Crippen MR) is 54.8 cm³/mol. The molecule has 0 radical (unpaired) electrons. The van der Waals surface area contributed by atoms with Crippen LogP contribution in [0.4, 0.5) is 0 Å². The van der Waals surface area contributed by atoms with Gasteiger partial charge in [0.25, 0.3) is 0 Å². The predicted octanol–water partition coefficient (Wildman–Crippen LogP) is -0.436. The van der Waals surface area contributed by atoms with Gasteiger partial charge in [0.05, 0.1) is 0 Å². The Morgan fingerprint density at radius 2 is 1.80 bits per heavy atom. The van der Waals surface area contributed by atoms with Crippen LogP contribution in [-0.4, -0.2) is 45.0 Å². The molecule has 0 aliphatic heterocycles. The van der Waals surface area contributed by atoms with E-state index in [1.165, 1.54) is 6.92 Å². The van der Waals surface area contributed by atoms with E-state index >= 15 is 0 Å². The topological polar surface area (TPSA) is 118 Å². The van der Waals surface area contributed by atoms with Gasteiger partial charge in [-0.2, -0.15) is 0 Å². The second-order valence-electron chi connectivity index (χ2n) is 3.01. The van der Waals surface area contributed by atoms with Gasteiger partial charge in [0, 0.05) is 12.2 Å². The standard InChI is InChI=1S/C8H13NO5S/c1-4(10)2-6(8(13)14)15-3-5(9)7(11)12/h5-6H,2-3,9H2,1H3,(H,11,12)(H,13,14)/t5-,6+/m0/s1. The average molecular weight is 235 g/mol. The smallest absolute Gasteiger partial charge is 0.321 e. The molecule has 0 amide bonds. The van der Waals surface area contributed by atoms with E-state index in [1.807, 2.05) is 0 Å². The zero-order chi connectivity index (χ0) is 12.0. The Bertz CT molecular complexity index is 268. The van der Waals surface area contributed by atoms with Gasteiger partial charge in [-0.3, -0.25) is 14.4 Å². The monoisotopic (exact) mass is 235 g/mol. The first-order chi connectivity index (χ1) is 6.84. The van der Waals surface area contributed by atoms with Crippen LogP contribution in [0.3, 0.4) is 0 Å². The lowest BCUT2D eigenvalue weighted by Gasteiger charge is -2.11. The molecule has 0 fully saturated rings. The largest absolute Gasteiger partial charge is 0.480 e. The van der Waals surface area contributed by atoms with Crippen LogP contribution in [0.25, 0.3) is 0 Å². The zero-order valence-electron chi connectivity index (χ0n) is 8.17. The summed E-state index contributed by atoms with van der Waals surface area (Å²) in [4.78, 5) is 31.7. The number of hydrogen-bond acceptors (Lipinski definition) is 5. The van der Waals surface area contributed by atoms with E-state index < -0.39 is 23.2 Å². The molecule has 0 aromatic carbocycles. The molecule has 0 spiro atoms. The van der Waals surface area contributed by atoms with Crippen molar-refractivity contribution in [1.29, 1.82) is 0 Å². The van der Waals surface area contributed by atoms with Gasteiger partial charge in [0.2, 0.25) is 0 Å². The Morgan fingerprint density at radius 1 is 1.27 bits per heavy atom. The van der Waals surface area contributed by atoms with Gasteiger partial charge < -0.3 is 15.9 Å². The number of carboxylic acids is 2. The van der Waals surface area contributed by atoms with E-state index in [9.17, 15) is 14.4 Å². The number of ketones is 1. The van der Waals surface area contributed by atoms with Crippen LogP contribution in [0.15, 0.2) is 0 Å². The van der Waals surface area contributed by atoms with Crippen LogP contribution < -0.4 is 5.73 Å². The quantitative estimate of drug-likeness (QED) is 0.547. The summed E-state index contributed by atoms with van der Waals surface area (Å²) in [6, 6.07) is -1.11. The summed E-state index contributed by atoms with van der Waals surface area (Å²) >= 11 is 0.868.